The second-order valence-corrected chi connectivity index (χ2v) is 22.3. The normalized spacial score (nSPS) is 16.0. The number of nitrogens with zero attached hydrogens (tertiary/aromatic N) is 6. The highest BCUT2D eigenvalue weighted by atomic mass is 15.0. The van der Waals surface area contributed by atoms with Gasteiger partial charge in [-0.3, -0.25) is 0 Å². The van der Waals surface area contributed by atoms with Crippen LogP contribution in [0, 0.1) is 0 Å². The zero-order valence-electron chi connectivity index (χ0n) is 44.6. The molecule has 3 unspecified atom stereocenters. The van der Waals surface area contributed by atoms with E-state index in [0.29, 0.717) is 18.1 Å². The molecule has 0 N–H and O–H groups in total. The van der Waals surface area contributed by atoms with Gasteiger partial charge in [-0.2, -0.15) is 27.4 Å². The van der Waals surface area contributed by atoms with Crippen LogP contribution in [0.1, 0.15) is 72.3 Å². The Bertz CT molecular complexity index is 4360. The van der Waals surface area contributed by atoms with Gasteiger partial charge >= 0.3 is 0 Å². The van der Waals surface area contributed by atoms with Crippen LogP contribution in [0.25, 0.3) is 101 Å². The molecule has 6 heteroatoms. The Kier molecular flexibility index (Phi) is 10.3. The molecule has 6 aliphatic rings. The number of benzene rings is 6. The smallest absolute Gasteiger partial charge is 0.194 e. The molecule has 0 saturated carbocycles. The van der Waals surface area contributed by atoms with E-state index in [-0.39, 0.29) is 0 Å². The second-order valence-electron chi connectivity index (χ2n) is 22.3. The molecule has 3 atom stereocenters. The van der Waals surface area contributed by atoms with Crippen molar-refractivity contribution in [2.45, 2.75) is 58.5 Å². The molecular formula is C73H58N6+6. The number of rotatable bonds is 2. The van der Waals surface area contributed by atoms with Gasteiger partial charge in [0.1, 0.15) is 0 Å². The third kappa shape index (κ3) is 7.24. The summed E-state index contributed by atoms with van der Waals surface area (Å²) in [5.74, 6) is 0. The SMILES string of the molecule is CC1c2cc(-c3ccc4c(c3)C[n+]3ccccc3-4)ccc2-c2cccc[n+]21.CC1c2cc3cc4c(cc3cc2-c2cccc[n+]21)C[n+]1ccccc1-4.CC1c2ccccc2-c2ccc(-c3ccc4[n+](c3)Cc3ccccc3-4)c[n+]21. The quantitative estimate of drug-likeness (QED) is 0.154. The molecule has 374 valence electrons. The summed E-state index contributed by atoms with van der Waals surface area (Å²) in [5, 5.41) is 2.69. The Morgan fingerprint density at radius 2 is 0.747 bits per heavy atom. The van der Waals surface area contributed by atoms with Crippen LogP contribution < -0.4 is 27.4 Å². The average Bonchev–Trinajstić information content (AvgIpc) is 4.49. The molecule has 18 rings (SSSR count). The number of fused-ring (bicyclic) bond motifs is 19. The fourth-order valence-corrected chi connectivity index (χ4v) is 13.9. The summed E-state index contributed by atoms with van der Waals surface area (Å²) < 4.78 is 14.2. The number of hydrogen-bond acceptors (Lipinski definition) is 0. The number of hydrogen-bond donors (Lipinski definition) is 0. The largest absolute Gasteiger partial charge is 0.213 e. The summed E-state index contributed by atoms with van der Waals surface area (Å²) in [6, 6.07) is 76.8. The van der Waals surface area contributed by atoms with Gasteiger partial charge in [0.15, 0.2) is 74.9 Å². The van der Waals surface area contributed by atoms with Gasteiger partial charge < -0.3 is 0 Å². The van der Waals surface area contributed by atoms with Crippen LogP contribution in [0.2, 0.25) is 0 Å². The maximum Gasteiger partial charge on any atom is 0.213 e. The molecule has 79 heavy (non-hydrogen) atoms. The number of pyridine rings is 6. The molecule has 0 bridgehead atoms. The van der Waals surface area contributed by atoms with Crippen molar-refractivity contribution in [3.63, 3.8) is 0 Å². The first-order chi connectivity index (χ1) is 38.9. The van der Waals surface area contributed by atoms with Gasteiger partial charge in [0.25, 0.3) is 0 Å². The lowest BCUT2D eigenvalue weighted by molar-refractivity contribution is -0.694. The molecule has 0 saturated heterocycles. The predicted octanol–water partition coefficient (Wildman–Crippen LogP) is 13.1. The lowest BCUT2D eigenvalue weighted by Gasteiger charge is -2.06. The lowest BCUT2D eigenvalue weighted by atomic mass is 9.94. The van der Waals surface area contributed by atoms with Gasteiger partial charge in [-0.05, 0) is 119 Å². The first kappa shape index (κ1) is 45.7. The van der Waals surface area contributed by atoms with E-state index in [9.17, 15) is 0 Å². The molecule has 0 spiro atoms. The van der Waals surface area contributed by atoms with Crippen molar-refractivity contribution in [1.29, 1.82) is 0 Å². The summed E-state index contributed by atoms with van der Waals surface area (Å²) in [6.07, 6.45) is 13.3. The van der Waals surface area contributed by atoms with Crippen molar-refractivity contribution >= 4 is 10.8 Å². The zero-order chi connectivity index (χ0) is 52.5. The maximum atomic E-state index is 2.41. The minimum atomic E-state index is 0.377. The van der Waals surface area contributed by atoms with Crippen LogP contribution in [0.3, 0.4) is 0 Å². The van der Waals surface area contributed by atoms with Crippen molar-refractivity contribution in [3.8, 4) is 89.8 Å². The van der Waals surface area contributed by atoms with Gasteiger partial charge in [-0.25, -0.2) is 0 Å². The molecule has 6 aliphatic heterocycles. The van der Waals surface area contributed by atoms with E-state index in [1.165, 1.54) is 134 Å². The molecule has 0 fully saturated rings. The average molecular weight is 1020 g/mol. The van der Waals surface area contributed by atoms with Crippen molar-refractivity contribution in [2.75, 3.05) is 0 Å². The van der Waals surface area contributed by atoms with Gasteiger partial charge in [0.2, 0.25) is 34.2 Å². The Hall–Kier alpha value is -9.52. The Balaban J connectivity index is 0.0000000988. The first-order valence-corrected chi connectivity index (χ1v) is 28.0. The summed E-state index contributed by atoms with van der Waals surface area (Å²) in [7, 11) is 0. The van der Waals surface area contributed by atoms with E-state index in [1.54, 1.807) is 0 Å². The number of aromatic nitrogens is 6. The molecule has 12 aromatic rings. The molecule has 0 radical (unpaired) electrons. The van der Waals surface area contributed by atoms with Crippen LogP contribution in [0.5, 0.6) is 0 Å². The van der Waals surface area contributed by atoms with Crippen LogP contribution >= 0.6 is 0 Å². The minimum Gasteiger partial charge on any atom is -0.194 e. The molecule has 0 aliphatic carbocycles. The third-order valence-corrected chi connectivity index (χ3v) is 18.0. The topological polar surface area (TPSA) is 23.3 Å². The van der Waals surface area contributed by atoms with Crippen molar-refractivity contribution in [2.24, 2.45) is 0 Å². The highest BCUT2D eigenvalue weighted by Crippen LogP contribution is 2.41. The fourth-order valence-electron chi connectivity index (χ4n) is 13.9. The van der Waals surface area contributed by atoms with Gasteiger partial charge in [-0.1, -0.05) is 48.5 Å². The second kappa shape index (κ2) is 17.8. The summed E-state index contributed by atoms with van der Waals surface area (Å²) in [5.41, 5.74) is 29.7. The first-order valence-electron chi connectivity index (χ1n) is 28.0. The Morgan fingerprint density at radius 3 is 1.51 bits per heavy atom. The van der Waals surface area contributed by atoms with E-state index < -0.39 is 0 Å². The standard InChI is InChI=1S/2C25H20N2.C23H18N2/c1-17-23-15-19(9-11-22(23)25-7-3-5-13-27(17)25)18-8-10-21-20(14-18)16-26-12-4-2-6-24(21)26;1-17-21-7-4-5-9-23(21)25-13-11-19(16-27(17)25)18-10-12-24-22-8-3-2-6-20(22)15-26(24)14-18;1-15-19-11-17-12-20-18(14-24-8-4-2-6-22(20)24)10-16(17)13-21(19)23-7-3-5-9-25(15)23/h2-15,17H,16H2,1H3;2-14,16-17H,15H2,1H3;2-13,15H,14H2,1H3/q3*+2. The minimum absolute atomic E-state index is 0.377. The molecule has 12 heterocycles. The van der Waals surface area contributed by atoms with Gasteiger partial charge in [0, 0.05) is 115 Å². The summed E-state index contributed by atoms with van der Waals surface area (Å²) in [6.45, 7) is 9.75. The van der Waals surface area contributed by atoms with E-state index in [1.807, 2.05) is 0 Å². The zero-order valence-corrected chi connectivity index (χ0v) is 44.6. The lowest BCUT2D eigenvalue weighted by Crippen LogP contribution is -2.36. The van der Waals surface area contributed by atoms with E-state index in [2.05, 4.69) is 292 Å². The van der Waals surface area contributed by atoms with Crippen molar-refractivity contribution in [3.05, 3.63) is 277 Å². The molecular weight excluding hydrogens is 961 g/mol. The Morgan fingerprint density at radius 1 is 0.278 bits per heavy atom. The van der Waals surface area contributed by atoms with Crippen LogP contribution in [0.15, 0.2) is 243 Å². The van der Waals surface area contributed by atoms with Crippen molar-refractivity contribution < 1.29 is 27.4 Å². The predicted molar refractivity (Wildman–Crippen MR) is 310 cm³/mol. The summed E-state index contributed by atoms with van der Waals surface area (Å²) in [4.78, 5) is 0. The molecule has 6 nitrogen and oxygen atoms in total. The monoisotopic (exact) mass is 1020 g/mol. The van der Waals surface area contributed by atoms with E-state index in [4.69, 9.17) is 0 Å². The summed E-state index contributed by atoms with van der Waals surface area (Å²) >= 11 is 0. The van der Waals surface area contributed by atoms with Crippen LogP contribution in [-0.2, 0) is 19.6 Å². The van der Waals surface area contributed by atoms with Gasteiger partial charge in [0.05, 0.1) is 44.5 Å². The van der Waals surface area contributed by atoms with Crippen LogP contribution in [-0.4, -0.2) is 0 Å². The van der Waals surface area contributed by atoms with E-state index in [0.717, 1.165) is 19.6 Å². The van der Waals surface area contributed by atoms with Crippen LogP contribution in [0.4, 0.5) is 0 Å². The van der Waals surface area contributed by atoms with E-state index >= 15 is 0 Å². The highest BCUT2D eigenvalue weighted by molar-refractivity contribution is 5.93. The third-order valence-electron chi connectivity index (χ3n) is 18.0. The fraction of sp³-hybridized carbons (Fsp3) is 0.123. The molecule has 6 aromatic carbocycles. The Labute approximate surface area is 461 Å². The molecule has 6 aromatic heterocycles. The van der Waals surface area contributed by atoms with Gasteiger partial charge in [-0.15, -0.1) is 0 Å². The maximum absolute atomic E-state index is 2.41. The van der Waals surface area contributed by atoms with Crippen molar-refractivity contribution in [1.82, 2.24) is 0 Å². The molecule has 0 amide bonds. The highest BCUT2D eigenvalue weighted by Gasteiger charge is 2.37.